The van der Waals surface area contributed by atoms with Gasteiger partial charge < -0.3 is 9.88 Å². The molecule has 1 heterocycles. The number of carbonyl (C=O) groups is 1. The van der Waals surface area contributed by atoms with Crippen molar-refractivity contribution in [2.45, 2.75) is 19.8 Å². The average molecular weight is 254 g/mol. The lowest BCUT2D eigenvalue weighted by molar-refractivity contribution is -0.129. The number of aromatic nitrogens is 1. The van der Waals surface area contributed by atoms with E-state index in [1.807, 2.05) is 37.4 Å². The van der Waals surface area contributed by atoms with E-state index in [2.05, 4.69) is 10.9 Å². The minimum absolute atomic E-state index is 0.0875. The van der Waals surface area contributed by atoms with Crippen LogP contribution in [0.25, 0.3) is 10.9 Å². The highest BCUT2D eigenvalue weighted by molar-refractivity contribution is 5.88. The van der Waals surface area contributed by atoms with Gasteiger partial charge >= 0.3 is 0 Å². The van der Waals surface area contributed by atoms with Gasteiger partial charge in [-0.3, -0.25) is 4.79 Å². The van der Waals surface area contributed by atoms with Crippen molar-refractivity contribution in [2.75, 3.05) is 13.1 Å². The van der Waals surface area contributed by atoms with Crippen molar-refractivity contribution in [1.29, 1.82) is 0 Å². The number of fused-ring (bicyclic) bond motifs is 1. The fraction of sp³-hybridized carbons (Fsp3) is 0.312. The second-order valence-corrected chi connectivity index (χ2v) is 4.56. The minimum Gasteiger partial charge on any atom is -0.361 e. The van der Waals surface area contributed by atoms with E-state index < -0.39 is 0 Å². The molecule has 3 nitrogen and oxygen atoms in total. The third kappa shape index (κ3) is 2.97. The zero-order chi connectivity index (χ0) is 13.7. The van der Waals surface area contributed by atoms with Crippen LogP contribution in [0.4, 0.5) is 0 Å². The molecule has 2 rings (SSSR count). The second-order valence-electron chi connectivity index (χ2n) is 4.56. The maximum atomic E-state index is 12.3. The Kier molecular flexibility index (Phi) is 4.25. The molecule has 0 saturated carbocycles. The molecule has 0 aliphatic rings. The highest BCUT2D eigenvalue weighted by Crippen LogP contribution is 2.18. The van der Waals surface area contributed by atoms with Crippen molar-refractivity contribution in [3.05, 3.63) is 36.0 Å². The summed E-state index contributed by atoms with van der Waals surface area (Å²) in [4.78, 5) is 17.2. The van der Waals surface area contributed by atoms with Gasteiger partial charge in [-0.25, -0.2) is 0 Å². The summed E-state index contributed by atoms with van der Waals surface area (Å²) in [7, 11) is 0. The molecule has 0 aliphatic heterocycles. The first-order valence-corrected chi connectivity index (χ1v) is 6.52. The monoisotopic (exact) mass is 254 g/mol. The summed E-state index contributed by atoms with van der Waals surface area (Å²) in [5.74, 6) is 2.64. The summed E-state index contributed by atoms with van der Waals surface area (Å²) in [6.45, 7) is 3.14. The Bertz CT molecular complexity index is 606. The third-order valence-electron chi connectivity index (χ3n) is 3.14. The molecule has 1 aromatic heterocycles. The van der Waals surface area contributed by atoms with Crippen LogP contribution in [-0.4, -0.2) is 28.9 Å². The van der Waals surface area contributed by atoms with Crippen molar-refractivity contribution in [3.63, 3.8) is 0 Å². The van der Waals surface area contributed by atoms with Gasteiger partial charge in [0.1, 0.15) is 0 Å². The number of nitrogens with zero attached hydrogens (tertiary/aromatic N) is 1. The van der Waals surface area contributed by atoms with Crippen molar-refractivity contribution in [1.82, 2.24) is 9.88 Å². The molecule has 0 fully saturated rings. The molecule has 1 amide bonds. The first kappa shape index (κ1) is 13.2. The summed E-state index contributed by atoms with van der Waals surface area (Å²) < 4.78 is 0. The summed E-state index contributed by atoms with van der Waals surface area (Å²) in [6, 6.07) is 8.00. The van der Waals surface area contributed by atoms with Crippen LogP contribution < -0.4 is 0 Å². The number of H-pyrrole nitrogens is 1. The van der Waals surface area contributed by atoms with E-state index >= 15 is 0 Å². The Hall–Kier alpha value is -2.21. The molecule has 0 bridgehead atoms. The van der Waals surface area contributed by atoms with E-state index in [1.165, 1.54) is 0 Å². The smallest absolute Gasteiger partial charge is 0.227 e. The first-order chi connectivity index (χ1) is 9.26. The number of rotatable bonds is 5. The summed E-state index contributed by atoms with van der Waals surface area (Å²) in [5.41, 5.74) is 2.09. The Balaban J connectivity index is 2.16. The quantitative estimate of drug-likeness (QED) is 0.818. The molecule has 1 N–H and O–H groups in total. The number of carbonyl (C=O) groups excluding carboxylic acids is 1. The molecular formula is C16H18N2O. The first-order valence-electron chi connectivity index (χ1n) is 6.52. The number of amides is 1. The van der Waals surface area contributed by atoms with Gasteiger partial charge in [0.05, 0.1) is 13.0 Å². The van der Waals surface area contributed by atoms with Crippen molar-refractivity contribution >= 4 is 16.8 Å². The van der Waals surface area contributed by atoms with Gasteiger partial charge in [0.2, 0.25) is 5.91 Å². The molecular weight excluding hydrogens is 236 g/mol. The molecule has 0 saturated heterocycles. The lowest BCUT2D eigenvalue weighted by atomic mass is 10.1. The maximum absolute atomic E-state index is 12.3. The molecule has 0 spiro atoms. The van der Waals surface area contributed by atoms with E-state index in [0.29, 0.717) is 19.5 Å². The highest BCUT2D eigenvalue weighted by atomic mass is 16.2. The van der Waals surface area contributed by atoms with Crippen molar-refractivity contribution in [3.8, 4) is 12.3 Å². The predicted molar refractivity (Wildman–Crippen MR) is 77.7 cm³/mol. The molecule has 2 aromatic rings. The van der Waals surface area contributed by atoms with Gasteiger partial charge in [-0.1, -0.05) is 31.0 Å². The van der Waals surface area contributed by atoms with Gasteiger partial charge in [0.25, 0.3) is 0 Å². The van der Waals surface area contributed by atoms with Crippen LogP contribution in [0.15, 0.2) is 30.5 Å². The van der Waals surface area contributed by atoms with E-state index in [4.69, 9.17) is 6.42 Å². The number of terminal acetylenes is 1. The van der Waals surface area contributed by atoms with Crippen LogP contribution >= 0.6 is 0 Å². The Morgan fingerprint density at radius 1 is 1.42 bits per heavy atom. The number of hydrogen-bond acceptors (Lipinski definition) is 1. The fourth-order valence-electron chi connectivity index (χ4n) is 2.22. The summed E-state index contributed by atoms with van der Waals surface area (Å²) in [6.07, 6.45) is 8.53. The van der Waals surface area contributed by atoms with Gasteiger partial charge in [0.15, 0.2) is 0 Å². The van der Waals surface area contributed by atoms with Gasteiger partial charge in [-0.15, -0.1) is 6.42 Å². The zero-order valence-corrected chi connectivity index (χ0v) is 11.1. The molecule has 0 radical (unpaired) electrons. The van der Waals surface area contributed by atoms with Gasteiger partial charge in [-0.05, 0) is 18.1 Å². The standard InChI is InChI=1S/C16H18N2O/c1-3-9-18(10-4-2)16(19)11-13-12-17-15-8-6-5-7-14(13)15/h1,5-8,12,17H,4,9-11H2,2H3. The molecule has 98 valence electrons. The van der Waals surface area contributed by atoms with E-state index in [1.54, 1.807) is 4.90 Å². The molecule has 1 aromatic carbocycles. The molecule has 0 unspecified atom stereocenters. The van der Waals surface area contributed by atoms with Gasteiger partial charge in [-0.2, -0.15) is 0 Å². The number of benzene rings is 1. The number of para-hydroxylation sites is 1. The molecule has 3 heteroatoms. The number of aromatic amines is 1. The zero-order valence-electron chi connectivity index (χ0n) is 11.1. The minimum atomic E-state index is 0.0875. The lowest BCUT2D eigenvalue weighted by Crippen LogP contribution is -2.33. The predicted octanol–water partition coefficient (Wildman–Crippen LogP) is 2.58. The maximum Gasteiger partial charge on any atom is 0.227 e. The van der Waals surface area contributed by atoms with Crippen LogP contribution in [0, 0.1) is 12.3 Å². The van der Waals surface area contributed by atoms with Crippen molar-refractivity contribution in [2.24, 2.45) is 0 Å². The Morgan fingerprint density at radius 3 is 2.95 bits per heavy atom. The SMILES string of the molecule is C#CCN(CCC)C(=O)Cc1c[nH]c2ccccc12. The normalized spacial score (nSPS) is 10.3. The largest absolute Gasteiger partial charge is 0.361 e. The molecule has 0 aliphatic carbocycles. The third-order valence-corrected chi connectivity index (χ3v) is 3.14. The van der Waals surface area contributed by atoms with Crippen LogP contribution in [0.5, 0.6) is 0 Å². The van der Waals surface area contributed by atoms with Crippen LogP contribution in [0.2, 0.25) is 0 Å². The molecule has 0 atom stereocenters. The van der Waals surface area contributed by atoms with Crippen LogP contribution in [0.1, 0.15) is 18.9 Å². The van der Waals surface area contributed by atoms with Crippen LogP contribution in [0.3, 0.4) is 0 Å². The van der Waals surface area contributed by atoms with Gasteiger partial charge in [0, 0.05) is 23.6 Å². The van der Waals surface area contributed by atoms with E-state index in [-0.39, 0.29) is 5.91 Å². The van der Waals surface area contributed by atoms with E-state index in [0.717, 1.165) is 22.9 Å². The Morgan fingerprint density at radius 2 is 2.21 bits per heavy atom. The molecule has 19 heavy (non-hydrogen) atoms. The number of hydrogen-bond donors (Lipinski definition) is 1. The van der Waals surface area contributed by atoms with Crippen molar-refractivity contribution < 1.29 is 4.79 Å². The summed E-state index contributed by atoms with van der Waals surface area (Å²) >= 11 is 0. The van der Waals surface area contributed by atoms with Crippen LogP contribution in [-0.2, 0) is 11.2 Å². The topological polar surface area (TPSA) is 36.1 Å². The summed E-state index contributed by atoms with van der Waals surface area (Å²) in [5, 5.41) is 1.10. The fourth-order valence-corrected chi connectivity index (χ4v) is 2.22. The lowest BCUT2D eigenvalue weighted by Gasteiger charge is -2.19. The highest BCUT2D eigenvalue weighted by Gasteiger charge is 2.14. The van der Waals surface area contributed by atoms with E-state index in [9.17, 15) is 4.79 Å². The number of nitrogens with one attached hydrogen (secondary N) is 1. The average Bonchev–Trinajstić information content (AvgIpc) is 2.82. The second kappa shape index (κ2) is 6.10. The Labute approximate surface area is 113 Å².